The molecule has 0 aliphatic heterocycles. The van der Waals surface area contributed by atoms with Crippen molar-refractivity contribution < 1.29 is 0 Å². The molecule has 0 amide bonds. The molecule has 0 spiro atoms. The van der Waals surface area contributed by atoms with E-state index in [2.05, 4.69) is 46.8 Å². The minimum Gasteiger partial charge on any atom is -0.353 e. The molecule has 2 heterocycles. The topological polar surface area (TPSA) is 42.7 Å². The van der Waals surface area contributed by atoms with Gasteiger partial charge in [0.2, 0.25) is 5.95 Å². The lowest BCUT2D eigenvalue weighted by molar-refractivity contribution is 0.767. The van der Waals surface area contributed by atoms with Crippen LogP contribution in [0.2, 0.25) is 0 Å². The first-order valence-electron chi connectivity index (χ1n) is 6.26. The number of pyridine rings is 1. The highest BCUT2D eigenvalue weighted by atomic mass is 15.2. The zero-order valence-electron chi connectivity index (χ0n) is 11.4. The van der Waals surface area contributed by atoms with Gasteiger partial charge in [-0.05, 0) is 44.9 Å². The van der Waals surface area contributed by atoms with Crippen molar-refractivity contribution in [1.82, 2.24) is 14.5 Å². The fraction of sp³-hybridized carbons (Fsp3) is 0.429. The second-order valence-corrected chi connectivity index (χ2v) is 4.93. The maximum atomic E-state index is 4.51. The van der Waals surface area contributed by atoms with E-state index in [0.717, 1.165) is 18.2 Å². The van der Waals surface area contributed by atoms with Crippen LogP contribution >= 0.6 is 0 Å². The van der Waals surface area contributed by atoms with Gasteiger partial charge in [-0.25, -0.2) is 4.98 Å². The molecule has 0 radical (unpaired) electrons. The number of nitrogens with zero attached hydrogens (tertiary/aromatic N) is 3. The third-order valence-electron chi connectivity index (χ3n) is 2.80. The highest BCUT2D eigenvalue weighted by Crippen LogP contribution is 2.14. The Bertz CT molecular complexity index is 528. The van der Waals surface area contributed by atoms with E-state index in [-0.39, 0.29) is 0 Å². The van der Waals surface area contributed by atoms with Crippen LogP contribution in [0.25, 0.3) is 0 Å². The van der Waals surface area contributed by atoms with Gasteiger partial charge in [0.25, 0.3) is 0 Å². The normalized spacial score (nSPS) is 10.9. The Hall–Kier alpha value is -1.84. The van der Waals surface area contributed by atoms with Crippen LogP contribution in [-0.4, -0.2) is 20.6 Å². The molecule has 0 saturated carbocycles. The lowest BCUT2D eigenvalue weighted by Crippen LogP contribution is -2.15. The van der Waals surface area contributed by atoms with E-state index in [9.17, 15) is 0 Å². The maximum absolute atomic E-state index is 4.51. The largest absolute Gasteiger partial charge is 0.353 e. The smallest absolute Gasteiger partial charge is 0.203 e. The van der Waals surface area contributed by atoms with Crippen molar-refractivity contribution in [2.75, 3.05) is 5.32 Å². The van der Waals surface area contributed by atoms with Crippen LogP contribution < -0.4 is 5.32 Å². The molecule has 4 nitrogen and oxygen atoms in total. The summed E-state index contributed by atoms with van der Waals surface area (Å²) < 4.78 is 2.14. The van der Waals surface area contributed by atoms with E-state index in [1.807, 2.05) is 25.4 Å². The first kappa shape index (κ1) is 12.6. The Balaban J connectivity index is 2.26. The summed E-state index contributed by atoms with van der Waals surface area (Å²) in [6.07, 6.45) is 5.81. The van der Waals surface area contributed by atoms with Gasteiger partial charge >= 0.3 is 0 Å². The van der Waals surface area contributed by atoms with Crippen LogP contribution in [0.3, 0.4) is 0 Å². The molecule has 0 aliphatic rings. The maximum Gasteiger partial charge on any atom is 0.203 e. The number of aryl methyl sites for hydroxylation is 2. The van der Waals surface area contributed by atoms with E-state index in [1.165, 1.54) is 11.1 Å². The van der Waals surface area contributed by atoms with E-state index in [0.29, 0.717) is 6.04 Å². The van der Waals surface area contributed by atoms with Crippen LogP contribution in [-0.2, 0) is 6.54 Å². The molecule has 0 saturated heterocycles. The molecule has 1 N–H and O–H groups in total. The Morgan fingerprint density at radius 2 is 2.11 bits per heavy atom. The standard InChI is InChI=1S/C14H20N4/c1-10(2)16-14-17-12(4)8-18(14)9-13-7-15-6-5-11(13)3/h5-8,10H,9H2,1-4H3,(H,16,17). The molecule has 2 rings (SSSR count). The van der Waals surface area contributed by atoms with Crippen molar-refractivity contribution >= 4 is 5.95 Å². The second kappa shape index (κ2) is 5.21. The monoisotopic (exact) mass is 244 g/mol. The van der Waals surface area contributed by atoms with Crippen molar-refractivity contribution in [3.8, 4) is 0 Å². The predicted molar refractivity (Wildman–Crippen MR) is 73.8 cm³/mol. The summed E-state index contributed by atoms with van der Waals surface area (Å²) in [6.45, 7) is 9.15. The van der Waals surface area contributed by atoms with Crippen LogP contribution in [0.5, 0.6) is 0 Å². The summed E-state index contributed by atoms with van der Waals surface area (Å²) in [6, 6.07) is 2.41. The number of aromatic nitrogens is 3. The van der Waals surface area contributed by atoms with Crippen molar-refractivity contribution in [1.29, 1.82) is 0 Å². The molecule has 96 valence electrons. The van der Waals surface area contributed by atoms with Gasteiger partial charge in [-0.15, -0.1) is 0 Å². The summed E-state index contributed by atoms with van der Waals surface area (Å²) in [7, 11) is 0. The molecule has 4 heteroatoms. The Labute approximate surface area is 108 Å². The summed E-state index contributed by atoms with van der Waals surface area (Å²) in [4.78, 5) is 8.69. The lowest BCUT2D eigenvalue weighted by atomic mass is 10.1. The van der Waals surface area contributed by atoms with Crippen molar-refractivity contribution in [3.05, 3.63) is 41.5 Å². The van der Waals surface area contributed by atoms with Gasteiger partial charge in [0.15, 0.2) is 0 Å². The van der Waals surface area contributed by atoms with Gasteiger partial charge in [0.1, 0.15) is 0 Å². The van der Waals surface area contributed by atoms with Crippen LogP contribution in [0.4, 0.5) is 5.95 Å². The number of hydrogen-bond acceptors (Lipinski definition) is 3. The van der Waals surface area contributed by atoms with Crippen molar-refractivity contribution in [2.24, 2.45) is 0 Å². The summed E-state index contributed by atoms with van der Waals surface area (Å²) >= 11 is 0. The van der Waals surface area contributed by atoms with Gasteiger partial charge < -0.3 is 9.88 Å². The summed E-state index contributed by atoms with van der Waals surface area (Å²) in [5, 5.41) is 3.37. The van der Waals surface area contributed by atoms with Crippen LogP contribution in [0.15, 0.2) is 24.7 Å². The van der Waals surface area contributed by atoms with E-state index >= 15 is 0 Å². The molecule has 18 heavy (non-hydrogen) atoms. The molecular weight excluding hydrogens is 224 g/mol. The second-order valence-electron chi connectivity index (χ2n) is 4.93. The number of rotatable bonds is 4. The number of hydrogen-bond donors (Lipinski definition) is 1. The average molecular weight is 244 g/mol. The highest BCUT2D eigenvalue weighted by molar-refractivity contribution is 5.32. The third kappa shape index (κ3) is 2.88. The zero-order valence-corrected chi connectivity index (χ0v) is 11.4. The van der Waals surface area contributed by atoms with Crippen LogP contribution in [0.1, 0.15) is 30.7 Å². The molecule has 2 aromatic heterocycles. The molecule has 0 unspecified atom stereocenters. The van der Waals surface area contributed by atoms with Gasteiger partial charge in [0, 0.05) is 24.6 Å². The zero-order chi connectivity index (χ0) is 13.1. The molecule has 0 aliphatic carbocycles. The minimum atomic E-state index is 0.376. The predicted octanol–water partition coefficient (Wildman–Crippen LogP) is 2.76. The summed E-state index contributed by atoms with van der Waals surface area (Å²) in [5.41, 5.74) is 3.51. The number of anilines is 1. The first-order chi connectivity index (χ1) is 8.56. The molecule has 0 aromatic carbocycles. The fourth-order valence-corrected chi connectivity index (χ4v) is 1.89. The Morgan fingerprint density at radius 3 is 2.78 bits per heavy atom. The van der Waals surface area contributed by atoms with Gasteiger partial charge in [-0.2, -0.15) is 0 Å². The number of nitrogens with one attached hydrogen (secondary N) is 1. The third-order valence-corrected chi connectivity index (χ3v) is 2.80. The summed E-state index contributed by atoms with van der Waals surface area (Å²) in [5.74, 6) is 0.922. The number of imidazole rings is 1. The average Bonchev–Trinajstić information content (AvgIpc) is 2.61. The molecule has 0 fully saturated rings. The SMILES string of the molecule is Cc1cn(Cc2cnccc2C)c(NC(C)C)n1. The fourth-order valence-electron chi connectivity index (χ4n) is 1.89. The van der Waals surface area contributed by atoms with E-state index in [4.69, 9.17) is 0 Å². The van der Waals surface area contributed by atoms with Gasteiger partial charge in [-0.3, -0.25) is 4.98 Å². The molecule has 0 bridgehead atoms. The lowest BCUT2D eigenvalue weighted by Gasteiger charge is -2.13. The van der Waals surface area contributed by atoms with E-state index in [1.54, 1.807) is 0 Å². The van der Waals surface area contributed by atoms with Crippen molar-refractivity contribution in [2.45, 2.75) is 40.3 Å². The first-order valence-corrected chi connectivity index (χ1v) is 6.26. The van der Waals surface area contributed by atoms with Gasteiger partial charge in [-0.1, -0.05) is 0 Å². The van der Waals surface area contributed by atoms with Crippen LogP contribution in [0, 0.1) is 13.8 Å². The highest BCUT2D eigenvalue weighted by Gasteiger charge is 2.08. The molecule has 2 aromatic rings. The molecule has 0 atom stereocenters. The quantitative estimate of drug-likeness (QED) is 0.899. The Kier molecular flexibility index (Phi) is 3.65. The molecular formula is C14H20N4. The van der Waals surface area contributed by atoms with Gasteiger partial charge in [0.05, 0.1) is 12.2 Å². The van der Waals surface area contributed by atoms with E-state index < -0.39 is 0 Å². The van der Waals surface area contributed by atoms with Crippen molar-refractivity contribution in [3.63, 3.8) is 0 Å². The Morgan fingerprint density at radius 1 is 1.33 bits per heavy atom. The minimum absolute atomic E-state index is 0.376.